The Morgan fingerprint density at radius 3 is 2.42 bits per heavy atom. The zero-order valence-electron chi connectivity index (χ0n) is 18.1. The van der Waals surface area contributed by atoms with Crippen LogP contribution in [0.15, 0.2) is 95.7 Å². The summed E-state index contributed by atoms with van der Waals surface area (Å²) in [6, 6.07) is 26.4. The lowest BCUT2D eigenvalue weighted by atomic mass is 10.0. The van der Waals surface area contributed by atoms with Gasteiger partial charge in [0.15, 0.2) is 5.11 Å². The van der Waals surface area contributed by atoms with Crippen LogP contribution < -0.4 is 15.0 Å². The van der Waals surface area contributed by atoms with Gasteiger partial charge in [-0.1, -0.05) is 22.0 Å². The molecule has 0 saturated carbocycles. The number of hydrogen-bond acceptors (Lipinski definition) is 3. The van der Waals surface area contributed by atoms with Crippen LogP contribution in [-0.2, 0) is 0 Å². The fraction of sp³-hybridized carbons (Fsp3) is 0.154. The molecule has 0 bridgehead atoms. The smallest absolute Gasteiger partial charge is 0.174 e. The number of halogens is 1. The zero-order valence-corrected chi connectivity index (χ0v) is 20.5. The Morgan fingerprint density at radius 1 is 0.970 bits per heavy atom. The normalized spacial score (nSPS) is 17.8. The summed E-state index contributed by atoms with van der Waals surface area (Å²) in [5.74, 6) is 0.863. The van der Waals surface area contributed by atoms with E-state index in [1.165, 1.54) is 0 Å². The monoisotopic (exact) mass is 518 g/mol. The lowest BCUT2D eigenvalue weighted by Crippen LogP contribution is -2.30. The number of aromatic nitrogens is 2. The first-order valence-corrected chi connectivity index (χ1v) is 12.0. The molecule has 2 atom stereocenters. The average molecular weight is 519 g/mol. The van der Waals surface area contributed by atoms with E-state index in [0.29, 0.717) is 11.7 Å². The van der Waals surface area contributed by atoms with E-state index in [2.05, 4.69) is 78.3 Å². The summed E-state index contributed by atoms with van der Waals surface area (Å²) in [5, 5.41) is 4.20. The third kappa shape index (κ3) is 4.26. The first-order chi connectivity index (χ1) is 16.2. The largest absolute Gasteiger partial charge is 0.494 e. The molecule has 1 aliphatic heterocycles. The lowest BCUT2D eigenvalue weighted by Gasteiger charge is -2.29. The molecule has 0 spiro atoms. The highest BCUT2D eigenvalue weighted by Crippen LogP contribution is 2.42. The van der Waals surface area contributed by atoms with E-state index in [-0.39, 0.29) is 12.1 Å². The topological polar surface area (TPSA) is 42.3 Å². The van der Waals surface area contributed by atoms with Gasteiger partial charge in [0.1, 0.15) is 11.8 Å². The molecule has 4 aromatic rings. The SMILES string of the molecule is CCOc1ccc(-n2cccc2[C@H]2[C@H](c3ccccn3)NC(=S)N2c2ccc(Br)cc2)cc1. The van der Waals surface area contributed by atoms with Crippen molar-refractivity contribution < 1.29 is 4.74 Å². The number of thiocarbonyl (C=S) groups is 1. The van der Waals surface area contributed by atoms with Gasteiger partial charge < -0.3 is 19.5 Å². The van der Waals surface area contributed by atoms with Crippen molar-refractivity contribution in [3.05, 3.63) is 107 Å². The van der Waals surface area contributed by atoms with Crippen molar-refractivity contribution >= 4 is 38.9 Å². The number of nitrogens with one attached hydrogen (secondary N) is 1. The van der Waals surface area contributed by atoms with Crippen molar-refractivity contribution in [3.63, 3.8) is 0 Å². The van der Waals surface area contributed by atoms with Crippen LogP contribution in [0.5, 0.6) is 5.75 Å². The minimum absolute atomic E-state index is 0.0878. The maximum absolute atomic E-state index is 5.84. The zero-order chi connectivity index (χ0) is 22.8. The summed E-state index contributed by atoms with van der Waals surface area (Å²) in [6.07, 6.45) is 3.91. The van der Waals surface area contributed by atoms with Crippen LogP contribution in [0.3, 0.4) is 0 Å². The van der Waals surface area contributed by atoms with Crippen LogP contribution >= 0.6 is 28.1 Å². The van der Waals surface area contributed by atoms with E-state index in [1.807, 2.05) is 55.6 Å². The van der Waals surface area contributed by atoms with E-state index in [4.69, 9.17) is 17.0 Å². The second-order valence-corrected chi connectivity index (χ2v) is 9.01. The third-order valence-corrected chi connectivity index (χ3v) is 6.56. The molecule has 0 aliphatic carbocycles. The molecule has 1 aliphatic rings. The van der Waals surface area contributed by atoms with Crippen LogP contribution in [0.4, 0.5) is 5.69 Å². The van der Waals surface area contributed by atoms with E-state index in [0.717, 1.165) is 33.0 Å². The Bertz CT molecular complexity index is 1240. The minimum atomic E-state index is -0.0984. The molecule has 0 amide bonds. The van der Waals surface area contributed by atoms with Crippen LogP contribution in [0.25, 0.3) is 5.69 Å². The first-order valence-electron chi connectivity index (χ1n) is 10.8. The molecule has 1 fully saturated rings. The molecule has 3 heterocycles. The van der Waals surface area contributed by atoms with Gasteiger partial charge in [-0.05, 0) is 91.9 Å². The molecule has 7 heteroatoms. The second-order valence-electron chi connectivity index (χ2n) is 7.70. The average Bonchev–Trinajstić information content (AvgIpc) is 3.45. The third-order valence-electron chi connectivity index (χ3n) is 5.71. The second kappa shape index (κ2) is 9.37. The molecular weight excluding hydrogens is 496 g/mol. The fourth-order valence-corrected chi connectivity index (χ4v) is 4.89. The summed E-state index contributed by atoms with van der Waals surface area (Å²) in [6.45, 7) is 2.63. The van der Waals surface area contributed by atoms with Gasteiger partial charge in [-0.25, -0.2) is 0 Å². The highest BCUT2D eigenvalue weighted by molar-refractivity contribution is 9.10. The number of pyridine rings is 1. The molecular formula is C26H23BrN4OS. The maximum atomic E-state index is 5.84. The van der Waals surface area contributed by atoms with E-state index < -0.39 is 0 Å². The molecule has 1 N–H and O–H groups in total. The number of benzene rings is 2. The Labute approximate surface area is 207 Å². The van der Waals surface area contributed by atoms with Gasteiger partial charge in [-0.2, -0.15) is 0 Å². The molecule has 33 heavy (non-hydrogen) atoms. The minimum Gasteiger partial charge on any atom is -0.494 e. The maximum Gasteiger partial charge on any atom is 0.174 e. The van der Waals surface area contributed by atoms with Crippen molar-refractivity contribution in [2.45, 2.75) is 19.0 Å². The number of anilines is 1. The number of nitrogens with zero attached hydrogens (tertiary/aromatic N) is 3. The molecule has 0 radical (unpaired) electrons. The summed E-state index contributed by atoms with van der Waals surface area (Å²) in [4.78, 5) is 6.83. The molecule has 0 unspecified atom stereocenters. The van der Waals surface area contributed by atoms with Crippen LogP contribution in [0, 0.1) is 0 Å². The van der Waals surface area contributed by atoms with Gasteiger partial charge in [0, 0.05) is 33.9 Å². The van der Waals surface area contributed by atoms with Crippen LogP contribution in [0.1, 0.15) is 30.4 Å². The summed E-state index contributed by atoms with van der Waals surface area (Å²) >= 11 is 9.38. The number of rotatable bonds is 6. The number of hydrogen-bond donors (Lipinski definition) is 1. The Hall–Kier alpha value is -3.16. The van der Waals surface area contributed by atoms with Crippen molar-refractivity contribution in [1.82, 2.24) is 14.9 Å². The highest BCUT2D eigenvalue weighted by Gasteiger charge is 2.42. The molecule has 5 rings (SSSR count). The van der Waals surface area contributed by atoms with Crippen molar-refractivity contribution in [3.8, 4) is 11.4 Å². The standard InChI is InChI=1S/C26H23BrN4OS/c1-2-32-21-14-12-19(13-15-21)30-17-5-7-23(30)25-24(22-6-3-4-16-28-22)29-26(33)31(25)20-10-8-18(27)9-11-20/h3-17,24-25H,2H2,1H3,(H,29,33)/t24-,25-/m0/s1. The molecule has 5 nitrogen and oxygen atoms in total. The van der Waals surface area contributed by atoms with E-state index >= 15 is 0 Å². The van der Waals surface area contributed by atoms with Gasteiger partial charge in [0.05, 0.1) is 18.3 Å². The van der Waals surface area contributed by atoms with Gasteiger partial charge in [-0.15, -0.1) is 0 Å². The molecule has 1 saturated heterocycles. The first kappa shape index (κ1) is 21.7. The van der Waals surface area contributed by atoms with Gasteiger partial charge in [0.2, 0.25) is 0 Å². The van der Waals surface area contributed by atoms with E-state index in [9.17, 15) is 0 Å². The van der Waals surface area contributed by atoms with E-state index in [1.54, 1.807) is 0 Å². The Morgan fingerprint density at radius 2 is 1.73 bits per heavy atom. The van der Waals surface area contributed by atoms with Crippen LogP contribution in [-0.4, -0.2) is 21.3 Å². The number of ether oxygens (including phenoxy) is 1. The molecule has 2 aromatic heterocycles. The highest BCUT2D eigenvalue weighted by atomic mass is 79.9. The van der Waals surface area contributed by atoms with Gasteiger partial charge in [-0.3, -0.25) is 4.98 Å². The Balaban J connectivity index is 1.61. The quantitative estimate of drug-likeness (QED) is 0.307. The van der Waals surface area contributed by atoms with Crippen LogP contribution in [0.2, 0.25) is 0 Å². The van der Waals surface area contributed by atoms with Crippen molar-refractivity contribution in [1.29, 1.82) is 0 Å². The molecule has 2 aromatic carbocycles. The molecule has 166 valence electrons. The van der Waals surface area contributed by atoms with Gasteiger partial charge in [0.25, 0.3) is 0 Å². The lowest BCUT2D eigenvalue weighted by molar-refractivity contribution is 0.340. The summed E-state index contributed by atoms with van der Waals surface area (Å²) in [7, 11) is 0. The van der Waals surface area contributed by atoms with Crippen molar-refractivity contribution in [2.75, 3.05) is 11.5 Å². The Kier molecular flexibility index (Phi) is 6.15. The van der Waals surface area contributed by atoms with Gasteiger partial charge >= 0.3 is 0 Å². The predicted molar refractivity (Wildman–Crippen MR) is 139 cm³/mol. The summed E-state index contributed by atoms with van der Waals surface area (Å²) < 4.78 is 8.86. The van der Waals surface area contributed by atoms with Crippen molar-refractivity contribution in [2.24, 2.45) is 0 Å². The fourth-order valence-electron chi connectivity index (χ4n) is 4.28. The summed E-state index contributed by atoms with van der Waals surface area (Å²) in [5.41, 5.74) is 4.15. The predicted octanol–water partition coefficient (Wildman–Crippen LogP) is 6.21.